The van der Waals surface area contributed by atoms with E-state index in [1.54, 1.807) is 7.11 Å². The van der Waals surface area contributed by atoms with Crippen molar-refractivity contribution in [3.8, 4) is 5.75 Å². The fraction of sp³-hybridized carbons (Fsp3) is 0.462. The first-order valence-electron chi connectivity index (χ1n) is 5.97. The molecule has 1 aromatic carbocycles. The van der Waals surface area contributed by atoms with Gasteiger partial charge >= 0.3 is 0 Å². The third kappa shape index (κ3) is 3.00. The fourth-order valence-electron chi connectivity index (χ4n) is 1.86. The first kappa shape index (κ1) is 12.9. The van der Waals surface area contributed by atoms with E-state index in [9.17, 15) is 4.79 Å². The molecule has 0 aliphatic carbocycles. The monoisotopic (exact) mass is 250 g/mol. The highest BCUT2D eigenvalue weighted by Crippen LogP contribution is 2.25. The van der Waals surface area contributed by atoms with Crippen LogP contribution in [-0.4, -0.2) is 38.8 Å². The zero-order valence-electron chi connectivity index (χ0n) is 10.7. The number of benzene rings is 1. The normalized spacial score (nSPS) is 19.3. The van der Waals surface area contributed by atoms with Crippen molar-refractivity contribution in [1.29, 1.82) is 0 Å². The molecule has 0 bridgehead atoms. The van der Waals surface area contributed by atoms with Crippen molar-refractivity contribution in [2.45, 2.75) is 13.0 Å². The van der Waals surface area contributed by atoms with Gasteiger partial charge in [0.15, 0.2) is 0 Å². The summed E-state index contributed by atoms with van der Waals surface area (Å²) in [6, 6.07) is 5.36. The molecule has 5 heteroatoms. The van der Waals surface area contributed by atoms with Crippen LogP contribution in [0.5, 0.6) is 5.75 Å². The van der Waals surface area contributed by atoms with Crippen LogP contribution in [0.1, 0.15) is 5.56 Å². The molecule has 2 rings (SSSR count). The summed E-state index contributed by atoms with van der Waals surface area (Å²) in [7, 11) is 1.59. The van der Waals surface area contributed by atoms with Crippen molar-refractivity contribution < 1.29 is 14.3 Å². The van der Waals surface area contributed by atoms with Gasteiger partial charge in [-0.2, -0.15) is 0 Å². The van der Waals surface area contributed by atoms with Gasteiger partial charge < -0.3 is 20.1 Å². The minimum absolute atomic E-state index is 0.100. The van der Waals surface area contributed by atoms with Crippen LogP contribution in [0, 0.1) is 6.92 Å². The number of morpholine rings is 1. The molecule has 2 N–H and O–H groups in total. The molecule has 1 unspecified atom stereocenters. The number of carbonyl (C=O) groups excluding carboxylic acids is 1. The molecule has 0 saturated carbocycles. The second-order valence-electron chi connectivity index (χ2n) is 4.27. The predicted molar refractivity (Wildman–Crippen MR) is 69.0 cm³/mol. The Kier molecular flexibility index (Phi) is 4.17. The van der Waals surface area contributed by atoms with Crippen molar-refractivity contribution in [1.82, 2.24) is 5.32 Å². The van der Waals surface area contributed by atoms with E-state index < -0.39 is 0 Å². The molecular formula is C13H18N2O3. The fourth-order valence-corrected chi connectivity index (χ4v) is 1.86. The van der Waals surface area contributed by atoms with Crippen molar-refractivity contribution in [2.24, 2.45) is 0 Å². The summed E-state index contributed by atoms with van der Waals surface area (Å²) >= 11 is 0. The van der Waals surface area contributed by atoms with Crippen LogP contribution in [-0.2, 0) is 9.53 Å². The van der Waals surface area contributed by atoms with E-state index in [2.05, 4.69) is 10.6 Å². The molecule has 1 fully saturated rings. The Morgan fingerprint density at radius 3 is 3.06 bits per heavy atom. The minimum Gasteiger partial charge on any atom is -0.495 e. The van der Waals surface area contributed by atoms with Crippen molar-refractivity contribution in [3.05, 3.63) is 23.8 Å². The number of methoxy groups -OCH3 is 1. The molecule has 98 valence electrons. The largest absolute Gasteiger partial charge is 0.495 e. The van der Waals surface area contributed by atoms with Gasteiger partial charge in [-0.1, -0.05) is 6.07 Å². The summed E-state index contributed by atoms with van der Waals surface area (Å²) < 4.78 is 10.5. The molecule has 1 aliphatic rings. The van der Waals surface area contributed by atoms with Crippen LogP contribution < -0.4 is 15.4 Å². The SMILES string of the molecule is COc1cc(C)ccc1NC(=O)C1COCCN1. The van der Waals surface area contributed by atoms with Crippen LogP contribution in [0.25, 0.3) is 0 Å². The average molecular weight is 250 g/mol. The van der Waals surface area contributed by atoms with E-state index in [0.29, 0.717) is 31.2 Å². The van der Waals surface area contributed by atoms with E-state index in [0.717, 1.165) is 5.56 Å². The molecule has 1 heterocycles. The zero-order chi connectivity index (χ0) is 13.0. The highest BCUT2D eigenvalue weighted by Gasteiger charge is 2.21. The number of amides is 1. The smallest absolute Gasteiger partial charge is 0.244 e. The molecule has 0 aromatic heterocycles. The van der Waals surface area contributed by atoms with E-state index in [-0.39, 0.29) is 11.9 Å². The number of rotatable bonds is 3. The number of hydrogen-bond acceptors (Lipinski definition) is 4. The molecular weight excluding hydrogens is 232 g/mol. The van der Waals surface area contributed by atoms with Crippen LogP contribution in [0.2, 0.25) is 0 Å². The third-order valence-corrected chi connectivity index (χ3v) is 2.85. The lowest BCUT2D eigenvalue weighted by molar-refractivity contribution is -0.120. The quantitative estimate of drug-likeness (QED) is 0.838. The van der Waals surface area contributed by atoms with Crippen LogP contribution in [0.15, 0.2) is 18.2 Å². The second-order valence-corrected chi connectivity index (χ2v) is 4.27. The summed E-state index contributed by atoms with van der Waals surface area (Å²) in [6.45, 7) is 3.73. The molecule has 18 heavy (non-hydrogen) atoms. The Morgan fingerprint density at radius 2 is 2.39 bits per heavy atom. The Labute approximate surface area is 106 Å². The molecule has 1 aromatic rings. The summed E-state index contributed by atoms with van der Waals surface area (Å²) in [6.07, 6.45) is 0. The highest BCUT2D eigenvalue weighted by molar-refractivity contribution is 5.96. The Hall–Kier alpha value is -1.59. The summed E-state index contributed by atoms with van der Waals surface area (Å²) in [5, 5.41) is 5.96. The third-order valence-electron chi connectivity index (χ3n) is 2.85. The maximum absolute atomic E-state index is 12.0. The van der Waals surface area contributed by atoms with Crippen LogP contribution in [0.4, 0.5) is 5.69 Å². The van der Waals surface area contributed by atoms with Gasteiger partial charge in [0.1, 0.15) is 11.8 Å². The standard InChI is InChI=1S/C13H18N2O3/c1-9-3-4-10(12(7-9)17-2)15-13(16)11-8-18-6-5-14-11/h3-4,7,11,14H,5-6,8H2,1-2H3,(H,15,16). The van der Waals surface area contributed by atoms with Gasteiger partial charge in [0.2, 0.25) is 5.91 Å². The van der Waals surface area contributed by atoms with E-state index in [1.165, 1.54) is 0 Å². The first-order chi connectivity index (χ1) is 8.70. The van der Waals surface area contributed by atoms with E-state index in [1.807, 2.05) is 25.1 Å². The molecule has 5 nitrogen and oxygen atoms in total. The molecule has 0 radical (unpaired) electrons. The number of carbonyl (C=O) groups is 1. The highest BCUT2D eigenvalue weighted by atomic mass is 16.5. The van der Waals surface area contributed by atoms with Crippen LogP contribution >= 0.6 is 0 Å². The minimum atomic E-state index is -0.301. The van der Waals surface area contributed by atoms with Gasteiger partial charge in [-0.3, -0.25) is 4.79 Å². The average Bonchev–Trinajstić information content (AvgIpc) is 2.41. The summed E-state index contributed by atoms with van der Waals surface area (Å²) in [5.41, 5.74) is 1.77. The molecule has 1 aliphatic heterocycles. The number of ether oxygens (including phenoxy) is 2. The van der Waals surface area contributed by atoms with E-state index >= 15 is 0 Å². The van der Waals surface area contributed by atoms with Gasteiger partial charge in [-0.25, -0.2) is 0 Å². The molecule has 1 amide bonds. The predicted octanol–water partition coefficient (Wildman–Crippen LogP) is 0.931. The number of aryl methyl sites for hydroxylation is 1. The van der Waals surface area contributed by atoms with Crippen LogP contribution in [0.3, 0.4) is 0 Å². The van der Waals surface area contributed by atoms with Crippen molar-refractivity contribution in [2.75, 3.05) is 32.2 Å². The summed E-state index contributed by atoms with van der Waals surface area (Å²) in [4.78, 5) is 12.0. The second kappa shape index (κ2) is 5.84. The lowest BCUT2D eigenvalue weighted by Crippen LogP contribution is -2.48. The van der Waals surface area contributed by atoms with Gasteiger partial charge in [0.25, 0.3) is 0 Å². The van der Waals surface area contributed by atoms with E-state index in [4.69, 9.17) is 9.47 Å². The Morgan fingerprint density at radius 1 is 1.56 bits per heavy atom. The topological polar surface area (TPSA) is 59.6 Å². The van der Waals surface area contributed by atoms with Crippen molar-refractivity contribution in [3.63, 3.8) is 0 Å². The Bertz CT molecular complexity index is 428. The maximum Gasteiger partial charge on any atom is 0.244 e. The first-order valence-corrected chi connectivity index (χ1v) is 5.97. The summed E-state index contributed by atoms with van der Waals surface area (Å²) in [5.74, 6) is 0.567. The van der Waals surface area contributed by atoms with Gasteiger partial charge in [0.05, 0.1) is 26.0 Å². The van der Waals surface area contributed by atoms with Gasteiger partial charge in [-0.05, 0) is 24.6 Å². The number of nitrogens with one attached hydrogen (secondary N) is 2. The maximum atomic E-state index is 12.0. The van der Waals surface area contributed by atoms with Gasteiger partial charge in [-0.15, -0.1) is 0 Å². The lowest BCUT2D eigenvalue weighted by atomic mass is 10.2. The van der Waals surface area contributed by atoms with Gasteiger partial charge in [0, 0.05) is 6.54 Å². The Balaban J connectivity index is 2.06. The number of hydrogen-bond donors (Lipinski definition) is 2. The number of anilines is 1. The van der Waals surface area contributed by atoms with Crippen molar-refractivity contribution >= 4 is 11.6 Å². The molecule has 0 spiro atoms. The lowest BCUT2D eigenvalue weighted by Gasteiger charge is -2.23. The molecule has 1 saturated heterocycles. The molecule has 1 atom stereocenters. The zero-order valence-corrected chi connectivity index (χ0v) is 10.7.